The van der Waals surface area contributed by atoms with Crippen molar-refractivity contribution in [2.24, 2.45) is 0 Å². The van der Waals surface area contributed by atoms with Crippen LogP contribution < -0.4 is 14.8 Å². The fourth-order valence-corrected chi connectivity index (χ4v) is 2.96. The Labute approximate surface area is 126 Å². The minimum atomic E-state index is -0.347. The SMILES string of the molecule is O=C1NCc2cc3c(cc2C1c1ccc(Cl)cc1)OCO3. The minimum absolute atomic E-state index is 0.0105. The summed E-state index contributed by atoms with van der Waals surface area (Å²) in [5, 5.41) is 3.58. The van der Waals surface area contributed by atoms with Crippen LogP contribution in [0.25, 0.3) is 0 Å². The largest absolute Gasteiger partial charge is 0.454 e. The van der Waals surface area contributed by atoms with Gasteiger partial charge in [-0.05, 0) is 41.0 Å². The molecule has 2 aliphatic heterocycles. The van der Waals surface area contributed by atoms with Crippen molar-refractivity contribution in [3.05, 3.63) is 58.1 Å². The Morgan fingerprint density at radius 2 is 1.81 bits per heavy atom. The van der Waals surface area contributed by atoms with Gasteiger partial charge >= 0.3 is 0 Å². The first-order chi connectivity index (χ1) is 10.2. The maximum absolute atomic E-state index is 12.3. The predicted octanol–water partition coefficient (Wildman–Crippen LogP) is 2.83. The lowest BCUT2D eigenvalue weighted by Gasteiger charge is -2.26. The van der Waals surface area contributed by atoms with E-state index in [0.29, 0.717) is 17.3 Å². The van der Waals surface area contributed by atoms with Gasteiger partial charge in [-0.2, -0.15) is 0 Å². The molecule has 2 aliphatic rings. The van der Waals surface area contributed by atoms with Crippen molar-refractivity contribution in [1.29, 1.82) is 0 Å². The molecule has 0 saturated heterocycles. The summed E-state index contributed by atoms with van der Waals surface area (Å²) in [4.78, 5) is 12.3. The van der Waals surface area contributed by atoms with Crippen LogP contribution in [0.5, 0.6) is 11.5 Å². The number of fused-ring (bicyclic) bond motifs is 2. The van der Waals surface area contributed by atoms with E-state index in [1.165, 1.54) is 0 Å². The molecule has 0 radical (unpaired) electrons. The molecular weight excluding hydrogens is 290 g/mol. The summed E-state index contributed by atoms with van der Waals surface area (Å²) >= 11 is 5.93. The standard InChI is InChI=1S/C16H12ClNO3/c17-11-3-1-9(2-4-11)15-12-6-14-13(20-8-21-14)5-10(12)7-18-16(15)19/h1-6,15H,7-8H2,(H,18,19). The highest BCUT2D eigenvalue weighted by Gasteiger charge is 2.31. The van der Waals surface area contributed by atoms with Crippen LogP contribution in [0.2, 0.25) is 5.02 Å². The van der Waals surface area contributed by atoms with E-state index < -0.39 is 0 Å². The van der Waals surface area contributed by atoms with Gasteiger partial charge in [0.2, 0.25) is 12.7 Å². The van der Waals surface area contributed by atoms with E-state index in [1.54, 1.807) is 12.1 Å². The molecular formula is C16H12ClNO3. The third-order valence-corrected chi connectivity index (χ3v) is 4.12. The Morgan fingerprint density at radius 1 is 1.10 bits per heavy atom. The van der Waals surface area contributed by atoms with Crippen LogP contribution in [0.1, 0.15) is 22.6 Å². The zero-order valence-electron chi connectivity index (χ0n) is 11.1. The van der Waals surface area contributed by atoms with Crippen LogP contribution in [-0.4, -0.2) is 12.7 Å². The smallest absolute Gasteiger partial charge is 0.232 e. The molecule has 0 aliphatic carbocycles. The zero-order chi connectivity index (χ0) is 14.4. The molecule has 106 valence electrons. The predicted molar refractivity (Wildman–Crippen MR) is 77.7 cm³/mol. The molecule has 2 aromatic rings. The molecule has 1 amide bonds. The Balaban J connectivity index is 1.85. The molecule has 0 fully saturated rings. The number of nitrogens with one attached hydrogen (secondary N) is 1. The summed E-state index contributed by atoms with van der Waals surface area (Å²) in [5.74, 6) is 1.08. The Bertz CT molecular complexity index is 727. The normalized spacial score (nSPS) is 19.1. The first kappa shape index (κ1) is 12.5. The van der Waals surface area contributed by atoms with Crippen LogP contribution >= 0.6 is 11.6 Å². The molecule has 21 heavy (non-hydrogen) atoms. The van der Waals surface area contributed by atoms with Gasteiger partial charge in [-0.3, -0.25) is 4.79 Å². The number of ether oxygens (including phenoxy) is 2. The van der Waals surface area contributed by atoms with Crippen molar-refractivity contribution >= 4 is 17.5 Å². The van der Waals surface area contributed by atoms with Gasteiger partial charge in [0.15, 0.2) is 11.5 Å². The van der Waals surface area contributed by atoms with Crippen LogP contribution in [-0.2, 0) is 11.3 Å². The van der Waals surface area contributed by atoms with Gasteiger partial charge in [-0.1, -0.05) is 23.7 Å². The lowest BCUT2D eigenvalue weighted by atomic mass is 9.84. The number of carbonyl (C=O) groups is 1. The van der Waals surface area contributed by atoms with Crippen molar-refractivity contribution in [3.63, 3.8) is 0 Å². The van der Waals surface area contributed by atoms with E-state index in [4.69, 9.17) is 21.1 Å². The van der Waals surface area contributed by atoms with E-state index in [1.807, 2.05) is 24.3 Å². The summed E-state index contributed by atoms with van der Waals surface area (Å²) in [6, 6.07) is 11.2. The fourth-order valence-electron chi connectivity index (χ4n) is 2.83. The van der Waals surface area contributed by atoms with Gasteiger partial charge in [0.1, 0.15) is 0 Å². The molecule has 0 aromatic heterocycles. The Morgan fingerprint density at radius 3 is 2.57 bits per heavy atom. The topological polar surface area (TPSA) is 47.6 Å². The molecule has 5 heteroatoms. The van der Waals surface area contributed by atoms with Gasteiger partial charge in [-0.25, -0.2) is 0 Å². The molecule has 4 nitrogen and oxygen atoms in total. The third-order valence-electron chi connectivity index (χ3n) is 3.86. The lowest BCUT2D eigenvalue weighted by molar-refractivity contribution is -0.122. The number of rotatable bonds is 1. The maximum Gasteiger partial charge on any atom is 0.232 e. The molecule has 1 N–H and O–H groups in total. The number of benzene rings is 2. The van der Waals surface area contributed by atoms with Gasteiger partial charge in [0, 0.05) is 11.6 Å². The number of hydrogen-bond acceptors (Lipinski definition) is 3. The Kier molecular flexibility index (Phi) is 2.79. The second kappa shape index (κ2) is 4.67. The van der Waals surface area contributed by atoms with Crippen molar-refractivity contribution in [1.82, 2.24) is 5.32 Å². The van der Waals surface area contributed by atoms with Gasteiger partial charge in [0.05, 0.1) is 5.92 Å². The van der Waals surface area contributed by atoms with Crippen LogP contribution in [0.3, 0.4) is 0 Å². The van der Waals surface area contributed by atoms with Gasteiger partial charge in [-0.15, -0.1) is 0 Å². The summed E-state index contributed by atoms with van der Waals surface area (Å²) in [6.07, 6.45) is 0. The molecule has 0 saturated carbocycles. The number of hydrogen-bond donors (Lipinski definition) is 1. The van der Waals surface area contributed by atoms with E-state index in [-0.39, 0.29) is 18.6 Å². The molecule has 2 heterocycles. The summed E-state index contributed by atoms with van der Waals surface area (Å²) in [6.45, 7) is 0.736. The molecule has 0 spiro atoms. The summed E-state index contributed by atoms with van der Waals surface area (Å²) in [5.41, 5.74) is 2.93. The minimum Gasteiger partial charge on any atom is -0.454 e. The zero-order valence-corrected chi connectivity index (χ0v) is 11.8. The number of carbonyl (C=O) groups excluding carboxylic acids is 1. The highest BCUT2D eigenvalue weighted by molar-refractivity contribution is 6.30. The second-order valence-electron chi connectivity index (χ2n) is 5.11. The molecule has 1 atom stereocenters. The summed E-state index contributed by atoms with van der Waals surface area (Å²) in [7, 11) is 0. The quantitative estimate of drug-likeness (QED) is 0.881. The van der Waals surface area contributed by atoms with Crippen molar-refractivity contribution < 1.29 is 14.3 Å². The average Bonchev–Trinajstić information content (AvgIpc) is 2.94. The highest BCUT2D eigenvalue weighted by atomic mass is 35.5. The first-order valence-electron chi connectivity index (χ1n) is 6.68. The van der Waals surface area contributed by atoms with Gasteiger partial charge < -0.3 is 14.8 Å². The van der Waals surface area contributed by atoms with Crippen LogP contribution in [0.15, 0.2) is 36.4 Å². The number of halogens is 1. The molecule has 1 unspecified atom stereocenters. The van der Waals surface area contributed by atoms with Gasteiger partial charge in [0.25, 0.3) is 0 Å². The second-order valence-corrected chi connectivity index (χ2v) is 5.54. The fraction of sp³-hybridized carbons (Fsp3) is 0.188. The number of amides is 1. The van der Waals surface area contributed by atoms with Crippen molar-refractivity contribution in [2.45, 2.75) is 12.5 Å². The Hall–Kier alpha value is -2.20. The summed E-state index contributed by atoms with van der Waals surface area (Å²) < 4.78 is 10.8. The van der Waals surface area contributed by atoms with Crippen LogP contribution in [0, 0.1) is 0 Å². The molecule has 0 bridgehead atoms. The molecule has 2 aromatic carbocycles. The van der Waals surface area contributed by atoms with Crippen molar-refractivity contribution in [3.8, 4) is 11.5 Å². The van der Waals surface area contributed by atoms with E-state index in [9.17, 15) is 4.79 Å². The first-order valence-corrected chi connectivity index (χ1v) is 7.06. The van der Waals surface area contributed by atoms with Crippen LogP contribution in [0.4, 0.5) is 0 Å². The highest BCUT2D eigenvalue weighted by Crippen LogP contribution is 2.40. The van der Waals surface area contributed by atoms with E-state index in [2.05, 4.69) is 5.32 Å². The molecule has 4 rings (SSSR count). The van der Waals surface area contributed by atoms with E-state index in [0.717, 1.165) is 22.4 Å². The van der Waals surface area contributed by atoms with E-state index >= 15 is 0 Å². The third kappa shape index (κ3) is 2.03. The maximum atomic E-state index is 12.3. The average molecular weight is 302 g/mol. The lowest BCUT2D eigenvalue weighted by Crippen LogP contribution is -2.35. The van der Waals surface area contributed by atoms with Crippen molar-refractivity contribution in [2.75, 3.05) is 6.79 Å². The monoisotopic (exact) mass is 301 g/mol.